The maximum Gasteiger partial charge on any atom is 0.321 e. The Balaban J connectivity index is 1.43. The number of nitrogens with one attached hydrogen (secondary N) is 2. The molecule has 2 aromatic carbocycles. The van der Waals surface area contributed by atoms with E-state index in [4.69, 9.17) is 16.4 Å². The molecule has 2 heterocycles. The van der Waals surface area contributed by atoms with Gasteiger partial charge >= 0.3 is 6.03 Å². The number of hydroxylamine groups is 1. The first-order valence-electron chi connectivity index (χ1n) is 10.8. The molecule has 1 spiro atoms. The molecule has 5 nitrogen and oxygen atoms in total. The van der Waals surface area contributed by atoms with Gasteiger partial charge in [0.15, 0.2) is 0 Å². The number of hydrogen-bond acceptors (Lipinski definition) is 3. The maximum atomic E-state index is 13.1. The minimum absolute atomic E-state index is 0.0488. The van der Waals surface area contributed by atoms with Gasteiger partial charge in [0.2, 0.25) is 0 Å². The summed E-state index contributed by atoms with van der Waals surface area (Å²) in [7, 11) is 0. The molecule has 2 amide bonds. The van der Waals surface area contributed by atoms with Crippen molar-refractivity contribution < 1.29 is 9.63 Å². The summed E-state index contributed by atoms with van der Waals surface area (Å²) in [5, 5.41) is 3.89. The van der Waals surface area contributed by atoms with E-state index in [9.17, 15) is 4.79 Å². The minimum Gasteiger partial charge on any atom is -0.324 e. The maximum absolute atomic E-state index is 13.1. The average Bonchev–Trinajstić information content (AvgIpc) is 3.13. The van der Waals surface area contributed by atoms with Crippen LogP contribution < -0.4 is 10.8 Å². The SMILES string of the molecule is Cc1cccc(C(C)(C)C)c1NC(=O)N1CCC2(C=C(c3ccc(Cl)cc3)NO2)CC1. The molecule has 2 N–H and O–H groups in total. The van der Waals surface area contributed by atoms with E-state index in [2.05, 4.69) is 43.7 Å². The van der Waals surface area contributed by atoms with Crippen molar-refractivity contribution in [1.82, 2.24) is 10.4 Å². The third kappa shape index (κ3) is 4.58. The number of benzene rings is 2. The fourth-order valence-corrected chi connectivity index (χ4v) is 4.36. The van der Waals surface area contributed by atoms with Gasteiger partial charge in [-0.05, 0) is 47.2 Å². The average molecular weight is 440 g/mol. The monoisotopic (exact) mass is 439 g/mol. The number of carbonyl (C=O) groups is 1. The molecule has 0 bridgehead atoms. The van der Waals surface area contributed by atoms with Crippen molar-refractivity contribution in [2.24, 2.45) is 0 Å². The van der Waals surface area contributed by atoms with Crippen LogP contribution in [-0.2, 0) is 10.3 Å². The van der Waals surface area contributed by atoms with E-state index in [0.717, 1.165) is 40.9 Å². The fourth-order valence-electron chi connectivity index (χ4n) is 4.23. The fraction of sp³-hybridized carbons (Fsp3) is 0.400. The Morgan fingerprint density at radius 3 is 2.45 bits per heavy atom. The predicted molar refractivity (Wildman–Crippen MR) is 126 cm³/mol. The highest BCUT2D eigenvalue weighted by Crippen LogP contribution is 2.36. The van der Waals surface area contributed by atoms with Crippen LogP contribution in [0.15, 0.2) is 48.5 Å². The third-order valence-corrected chi connectivity index (χ3v) is 6.39. The molecule has 164 valence electrons. The molecule has 2 aliphatic heterocycles. The first-order chi connectivity index (χ1) is 14.7. The molecule has 31 heavy (non-hydrogen) atoms. The standard InChI is InChI=1S/C25H30ClN3O2/c1-17-6-5-7-20(24(2,3)4)22(17)27-23(30)29-14-12-25(13-15-29)16-21(28-31-25)18-8-10-19(26)11-9-18/h5-11,16,28H,12-15H2,1-4H3,(H,27,30). The quantitative estimate of drug-likeness (QED) is 0.613. The van der Waals surface area contributed by atoms with Gasteiger partial charge in [-0.1, -0.05) is 62.7 Å². The van der Waals surface area contributed by atoms with Crippen LogP contribution in [-0.4, -0.2) is 29.6 Å². The summed E-state index contributed by atoms with van der Waals surface area (Å²) in [6, 6.07) is 13.8. The van der Waals surface area contributed by atoms with Gasteiger partial charge in [-0.3, -0.25) is 10.3 Å². The lowest BCUT2D eigenvalue weighted by Crippen LogP contribution is -2.48. The molecule has 2 aromatic rings. The van der Waals surface area contributed by atoms with Crippen molar-refractivity contribution in [3.05, 3.63) is 70.3 Å². The Morgan fingerprint density at radius 1 is 1.13 bits per heavy atom. The molecule has 1 saturated heterocycles. The number of rotatable bonds is 2. The normalized spacial score (nSPS) is 18.0. The van der Waals surface area contributed by atoms with Crippen LogP contribution in [0.2, 0.25) is 5.02 Å². The van der Waals surface area contributed by atoms with Gasteiger partial charge in [-0.15, -0.1) is 0 Å². The Kier molecular flexibility index (Phi) is 5.75. The Bertz CT molecular complexity index is 1000. The van der Waals surface area contributed by atoms with E-state index in [1.54, 1.807) is 0 Å². The van der Waals surface area contributed by atoms with Crippen molar-refractivity contribution in [3.63, 3.8) is 0 Å². The van der Waals surface area contributed by atoms with Gasteiger partial charge in [0.1, 0.15) is 5.60 Å². The van der Waals surface area contributed by atoms with Gasteiger partial charge in [-0.2, -0.15) is 0 Å². The second kappa shape index (κ2) is 8.21. The highest BCUT2D eigenvalue weighted by atomic mass is 35.5. The molecule has 6 heteroatoms. The van der Waals surface area contributed by atoms with Crippen LogP contribution in [0.4, 0.5) is 10.5 Å². The van der Waals surface area contributed by atoms with Gasteiger partial charge in [0, 0.05) is 36.6 Å². The summed E-state index contributed by atoms with van der Waals surface area (Å²) >= 11 is 5.99. The second-order valence-corrected chi connectivity index (χ2v) is 9.93. The van der Waals surface area contributed by atoms with E-state index >= 15 is 0 Å². The Hall–Kier alpha value is -2.50. The summed E-state index contributed by atoms with van der Waals surface area (Å²) in [5.41, 5.74) is 7.76. The molecule has 0 atom stereocenters. The van der Waals surface area contributed by atoms with Gasteiger partial charge < -0.3 is 10.2 Å². The largest absolute Gasteiger partial charge is 0.324 e. The number of likely N-dealkylation sites (tertiary alicyclic amines) is 1. The Labute approximate surface area is 189 Å². The number of carbonyl (C=O) groups excluding carboxylic acids is 1. The van der Waals surface area contributed by atoms with Gasteiger partial charge in [0.25, 0.3) is 0 Å². The molecular formula is C25H30ClN3O2. The molecule has 0 aromatic heterocycles. The first-order valence-corrected chi connectivity index (χ1v) is 11.1. The molecule has 0 aliphatic carbocycles. The van der Waals surface area contributed by atoms with E-state index < -0.39 is 0 Å². The lowest BCUT2D eigenvalue weighted by atomic mass is 9.84. The zero-order valence-corrected chi connectivity index (χ0v) is 19.3. The van der Waals surface area contributed by atoms with Crippen LogP contribution in [0, 0.1) is 6.92 Å². The number of piperidine rings is 1. The Morgan fingerprint density at radius 2 is 1.81 bits per heavy atom. The summed E-state index contributed by atoms with van der Waals surface area (Å²) in [6.07, 6.45) is 3.62. The summed E-state index contributed by atoms with van der Waals surface area (Å²) in [5.74, 6) is 0. The van der Waals surface area contributed by atoms with Crippen molar-refractivity contribution in [1.29, 1.82) is 0 Å². The van der Waals surface area contributed by atoms with Crippen LogP contribution in [0.1, 0.15) is 50.3 Å². The second-order valence-electron chi connectivity index (χ2n) is 9.50. The number of hydrogen-bond donors (Lipinski definition) is 2. The molecule has 2 aliphatic rings. The first kappa shape index (κ1) is 21.7. The number of aryl methyl sites for hydroxylation is 1. The van der Waals surface area contributed by atoms with Crippen molar-refractivity contribution in [3.8, 4) is 0 Å². The third-order valence-electron chi connectivity index (χ3n) is 6.14. The van der Waals surface area contributed by atoms with Crippen molar-refractivity contribution in [2.45, 2.75) is 51.6 Å². The van der Waals surface area contributed by atoms with Crippen LogP contribution in [0.25, 0.3) is 5.70 Å². The van der Waals surface area contributed by atoms with E-state index in [0.29, 0.717) is 18.1 Å². The van der Waals surface area contributed by atoms with Gasteiger partial charge in [-0.25, -0.2) is 4.79 Å². The lowest BCUT2D eigenvalue weighted by Gasteiger charge is -2.37. The number of urea groups is 1. The predicted octanol–water partition coefficient (Wildman–Crippen LogP) is 5.89. The topological polar surface area (TPSA) is 53.6 Å². The van der Waals surface area contributed by atoms with Crippen LogP contribution >= 0.6 is 11.6 Å². The van der Waals surface area contributed by atoms with Crippen molar-refractivity contribution in [2.75, 3.05) is 18.4 Å². The molecule has 0 saturated carbocycles. The van der Waals surface area contributed by atoms with E-state index in [1.165, 1.54) is 0 Å². The number of halogens is 1. The van der Waals surface area contributed by atoms with Crippen molar-refractivity contribution >= 4 is 29.0 Å². The highest BCUT2D eigenvalue weighted by molar-refractivity contribution is 6.30. The summed E-state index contributed by atoms with van der Waals surface area (Å²) in [6.45, 7) is 9.80. The highest BCUT2D eigenvalue weighted by Gasteiger charge is 2.40. The van der Waals surface area contributed by atoms with E-state index in [-0.39, 0.29) is 17.0 Å². The molecular weight excluding hydrogens is 410 g/mol. The van der Waals surface area contributed by atoms with Gasteiger partial charge in [0.05, 0.1) is 5.70 Å². The summed E-state index contributed by atoms with van der Waals surface area (Å²) < 4.78 is 0. The lowest BCUT2D eigenvalue weighted by molar-refractivity contribution is -0.0634. The van der Waals surface area contributed by atoms with Crippen LogP contribution in [0.3, 0.4) is 0 Å². The number of nitrogens with zero attached hydrogens (tertiary/aromatic N) is 1. The minimum atomic E-state index is -0.384. The molecule has 0 unspecified atom stereocenters. The zero-order chi connectivity index (χ0) is 22.2. The molecule has 4 rings (SSSR count). The summed E-state index contributed by atoms with van der Waals surface area (Å²) in [4.78, 5) is 20.9. The smallest absolute Gasteiger partial charge is 0.321 e. The van der Waals surface area contributed by atoms with E-state index in [1.807, 2.05) is 48.2 Å². The number of anilines is 1. The number of amides is 2. The molecule has 1 fully saturated rings. The molecule has 0 radical (unpaired) electrons. The zero-order valence-electron chi connectivity index (χ0n) is 18.6. The van der Waals surface area contributed by atoms with Crippen LogP contribution in [0.5, 0.6) is 0 Å². The number of para-hydroxylation sites is 1.